The number of aryl methyl sites for hydroxylation is 2. The zero-order valence-corrected chi connectivity index (χ0v) is 12.3. The quantitative estimate of drug-likeness (QED) is 0.624. The summed E-state index contributed by atoms with van der Waals surface area (Å²) in [5.41, 5.74) is 3.46. The van der Waals surface area contributed by atoms with E-state index in [1.807, 2.05) is 56.3 Å². The van der Waals surface area contributed by atoms with Gasteiger partial charge in [0.25, 0.3) is 0 Å². The number of epoxide rings is 1. The first-order valence-electron chi connectivity index (χ1n) is 7.10. The highest BCUT2D eigenvalue weighted by molar-refractivity contribution is 6.09. The third-order valence-corrected chi connectivity index (χ3v) is 3.56. The minimum Gasteiger partial charge on any atom is -0.490 e. The molecule has 3 heteroatoms. The van der Waals surface area contributed by atoms with Crippen LogP contribution in [0.4, 0.5) is 0 Å². The molecule has 0 saturated carbocycles. The number of ether oxygens (including phenoxy) is 2. The Morgan fingerprint density at radius 2 is 1.95 bits per heavy atom. The standard InChI is InChI=1S/C18H18O3/c1-12-4-3-5-14(8-12)18(19)15-7-6-13(2)17(9-15)21-11-16-10-20-16/h3-9,16H,10-11H2,1-2H3. The van der Waals surface area contributed by atoms with Crippen molar-refractivity contribution in [1.29, 1.82) is 0 Å². The van der Waals surface area contributed by atoms with Crippen LogP contribution in [0.2, 0.25) is 0 Å². The topological polar surface area (TPSA) is 38.8 Å². The molecule has 1 saturated heterocycles. The SMILES string of the molecule is Cc1cccc(C(=O)c2ccc(C)c(OCC3CO3)c2)c1. The van der Waals surface area contributed by atoms with Gasteiger partial charge in [-0.2, -0.15) is 0 Å². The van der Waals surface area contributed by atoms with Crippen molar-refractivity contribution in [3.63, 3.8) is 0 Å². The summed E-state index contributed by atoms with van der Waals surface area (Å²) in [6.07, 6.45) is 0.209. The summed E-state index contributed by atoms with van der Waals surface area (Å²) in [5, 5.41) is 0. The molecule has 1 aliphatic rings. The van der Waals surface area contributed by atoms with Crippen LogP contribution < -0.4 is 4.74 Å². The molecule has 0 spiro atoms. The van der Waals surface area contributed by atoms with Crippen LogP contribution in [0.25, 0.3) is 0 Å². The molecule has 1 atom stereocenters. The van der Waals surface area contributed by atoms with Crippen molar-refractivity contribution in [2.45, 2.75) is 20.0 Å². The van der Waals surface area contributed by atoms with Crippen molar-refractivity contribution in [3.05, 3.63) is 64.7 Å². The smallest absolute Gasteiger partial charge is 0.193 e. The van der Waals surface area contributed by atoms with Crippen molar-refractivity contribution in [2.24, 2.45) is 0 Å². The van der Waals surface area contributed by atoms with E-state index in [2.05, 4.69) is 0 Å². The van der Waals surface area contributed by atoms with E-state index >= 15 is 0 Å². The van der Waals surface area contributed by atoms with Crippen molar-refractivity contribution in [1.82, 2.24) is 0 Å². The summed E-state index contributed by atoms with van der Waals surface area (Å²) in [5.74, 6) is 0.773. The Labute approximate surface area is 124 Å². The van der Waals surface area contributed by atoms with Gasteiger partial charge in [0.15, 0.2) is 5.78 Å². The van der Waals surface area contributed by atoms with E-state index in [4.69, 9.17) is 9.47 Å². The van der Waals surface area contributed by atoms with Gasteiger partial charge in [0.05, 0.1) is 6.61 Å². The molecule has 0 bridgehead atoms. The number of hydrogen-bond acceptors (Lipinski definition) is 3. The molecule has 0 aromatic heterocycles. The van der Waals surface area contributed by atoms with E-state index in [-0.39, 0.29) is 11.9 Å². The van der Waals surface area contributed by atoms with Crippen LogP contribution in [0.1, 0.15) is 27.0 Å². The summed E-state index contributed by atoms with van der Waals surface area (Å²) in [4.78, 5) is 12.5. The Balaban J connectivity index is 1.83. The highest BCUT2D eigenvalue weighted by atomic mass is 16.6. The average Bonchev–Trinajstić information content (AvgIpc) is 3.30. The van der Waals surface area contributed by atoms with E-state index in [9.17, 15) is 4.79 Å². The molecule has 1 unspecified atom stereocenters. The maximum Gasteiger partial charge on any atom is 0.193 e. The lowest BCUT2D eigenvalue weighted by atomic mass is 10.0. The predicted octanol–water partition coefficient (Wildman–Crippen LogP) is 3.31. The first-order chi connectivity index (χ1) is 10.1. The molecule has 3 rings (SSSR count). The minimum absolute atomic E-state index is 0.0196. The van der Waals surface area contributed by atoms with Crippen molar-refractivity contribution in [2.75, 3.05) is 13.2 Å². The molecule has 1 fully saturated rings. The molecule has 1 aliphatic heterocycles. The van der Waals surface area contributed by atoms with Crippen molar-refractivity contribution < 1.29 is 14.3 Å². The summed E-state index contributed by atoms with van der Waals surface area (Å²) in [6.45, 7) is 5.27. The van der Waals surface area contributed by atoms with Gasteiger partial charge in [-0.3, -0.25) is 4.79 Å². The number of hydrogen-bond donors (Lipinski definition) is 0. The van der Waals surface area contributed by atoms with Gasteiger partial charge in [0.2, 0.25) is 0 Å². The molecule has 1 heterocycles. The second-order valence-corrected chi connectivity index (χ2v) is 5.45. The van der Waals surface area contributed by atoms with Crippen LogP contribution in [0.15, 0.2) is 42.5 Å². The maximum absolute atomic E-state index is 12.5. The van der Waals surface area contributed by atoms with Crippen LogP contribution >= 0.6 is 0 Å². The molecule has 2 aromatic carbocycles. The van der Waals surface area contributed by atoms with E-state index in [1.165, 1.54) is 0 Å². The van der Waals surface area contributed by atoms with Gasteiger partial charge in [-0.25, -0.2) is 0 Å². The number of carbonyl (C=O) groups is 1. The highest BCUT2D eigenvalue weighted by Crippen LogP contribution is 2.23. The maximum atomic E-state index is 12.5. The van der Waals surface area contributed by atoms with E-state index in [0.717, 1.165) is 23.5 Å². The van der Waals surface area contributed by atoms with Gasteiger partial charge in [-0.05, 0) is 31.5 Å². The molecule has 108 valence electrons. The number of carbonyl (C=O) groups excluding carboxylic acids is 1. The van der Waals surface area contributed by atoms with Crippen LogP contribution in [0.5, 0.6) is 5.75 Å². The summed E-state index contributed by atoms with van der Waals surface area (Å²) >= 11 is 0. The first kappa shape index (κ1) is 13.8. The lowest BCUT2D eigenvalue weighted by Crippen LogP contribution is -2.07. The van der Waals surface area contributed by atoms with Crippen LogP contribution in [-0.2, 0) is 4.74 Å². The molecule has 2 aromatic rings. The predicted molar refractivity (Wildman–Crippen MR) is 81.0 cm³/mol. The average molecular weight is 282 g/mol. The van der Waals surface area contributed by atoms with E-state index in [0.29, 0.717) is 17.7 Å². The Morgan fingerprint density at radius 1 is 1.19 bits per heavy atom. The first-order valence-corrected chi connectivity index (χ1v) is 7.10. The van der Waals surface area contributed by atoms with E-state index in [1.54, 1.807) is 0 Å². The van der Waals surface area contributed by atoms with Gasteiger partial charge >= 0.3 is 0 Å². The molecule has 21 heavy (non-hydrogen) atoms. The van der Waals surface area contributed by atoms with Crippen LogP contribution in [-0.4, -0.2) is 25.1 Å². The fourth-order valence-electron chi connectivity index (χ4n) is 2.20. The molecule has 0 radical (unpaired) electrons. The number of rotatable bonds is 5. The number of benzene rings is 2. The van der Waals surface area contributed by atoms with Gasteiger partial charge in [0.1, 0.15) is 18.5 Å². The summed E-state index contributed by atoms with van der Waals surface area (Å²) in [6, 6.07) is 13.2. The second-order valence-electron chi connectivity index (χ2n) is 5.45. The number of ketones is 1. The zero-order chi connectivity index (χ0) is 14.8. The summed E-state index contributed by atoms with van der Waals surface area (Å²) in [7, 11) is 0. The minimum atomic E-state index is 0.0196. The molecular formula is C18H18O3. The Hall–Kier alpha value is -2.13. The second kappa shape index (κ2) is 5.70. The monoisotopic (exact) mass is 282 g/mol. The normalized spacial score (nSPS) is 16.6. The Bertz CT molecular complexity index is 672. The third kappa shape index (κ3) is 3.31. The Kier molecular flexibility index (Phi) is 3.76. The fourth-order valence-corrected chi connectivity index (χ4v) is 2.20. The third-order valence-electron chi connectivity index (χ3n) is 3.56. The van der Waals surface area contributed by atoms with Gasteiger partial charge in [-0.15, -0.1) is 0 Å². The molecule has 0 N–H and O–H groups in total. The van der Waals surface area contributed by atoms with Gasteiger partial charge in [-0.1, -0.05) is 35.9 Å². The van der Waals surface area contributed by atoms with Gasteiger partial charge < -0.3 is 9.47 Å². The molecule has 0 aliphatic carbocycles. The molecular weight excluding hydrogens is 264 g/mol. The van der Waals surface area contributed by atoms with E-state index < -0.39 is 0 Å². The van der Waals surface area contributed by atoms with Crippen molar-refractivity contribution in [3.8, 4) is 5.75 Å². The molecule has 0 amide bonds. The van der Waals surface area contributed by atoms with Gasteiger partial charge in [0, 0.05) is 11.1 Å². The lowest BCUT2D eigenvalue weighted by molar-refractivity contribution is 0.103. The molecule has 3 nitrogen and oxygen atoms in total. The zero-order valence-electron chi connectivity index (χ0n) is 12.3. The largest absolute Gasteiger partial charge is 0.490 e. The fraction of sp³-hybridized carbons (Fsp3) is 0.278. The highest BCUT2D eigenvalue weighted by Gasteiger charge is 2.23. The van der Waals surface area contributed by atoms with Crippen LogP contribution in [0.3, 0.4) is 0 Å². The van der Waals surface area contributed by atoms with Crippen molar-refractivity contribution >= 4 is 5.78 Å². The summed E-state index contributed by atoms with van der Waals surface area (Å²) < 4.78 is 10.9. The lowest BCUT2D eigenvalue weighted by Gasteiger charge is -2.10. The Morgan fingerprint density at radius 3 is 2.67 bits per heavy atom. The van der Waals surface area contributed by atoms with Crippen LogP contribution in [0, 0.1) is 13.8 Å².